The molecule has 168 valence electrons. The summed E-state index contributed by atoms with van der Waals surface area (Å²) in [5.74, 6) is -0.649. The van der Waals surface area contributed by atoms with E-state index in [-0.39, 0.29) is 13.4 Å². The highest BCUT2D eigenvalue weighted by Crippen LogP contribution is 2.23. The number of carbonyl (C=O) groups excluding carboxylic acids is 3. The highest BCUT2D eigenvalue weighted by Gasteiger charge is 2.11. The van der Waals surface area contributed by atoms with Gasteiger partial charge in [-0.3, -0.25) is 0 Å². The van der Waals surface area contributed by atoms with Crippen molar-refractivity contribution >= 4 is 28.7 Å². The van der Waals surface area contributed by atoms with Gasteiger partial charge in [0.15, 0.2) is 0 Å². The molecule has 0 N–H and O–H groups in total. The van der Waals surface area contributed by atoms with Gasteiger partial charge in [-0.2, -0.15) is 0 Å². The Morgan fingerprint density at radius 3 is 2.24 bits per heavy atom. The van der Waals surface area contributed by atoms with Crippen LogP contribution in [0.15, 0.2) is 85.5 Å². The average molecular weight is 446 g/mol. The van der Waals surface area contributed by atoms with Crippen LogP contribution < -0.4 is 9.47 Å². The van der Waals surface area contributed by atoms with Gasteiger partial charge in [-0.25, -0.2) is 14.4 Å². The standard InChI is InChI=1S/C26H22O7/c1-4-24(27)30-15-18-5-10-22(11-6-18)33-26(29)21-8-7-20-14-23(12-9-19(20)13-21)31-16-32-25(28)17(2)3/h4-14H,1-2,15-16H2,3H3. The van der Waals surface area contributed by atoms with Gasteiger partial charge in [-0.05, 0) is 59.7 Å². The van der Waals surface area contributed by atoms with Crippen LogP contribution in [-0.4, -0.2) is 24.7 Å². The van der Waals surface area contributed by atoms with Crippen molar-refractivity contribution in [2.45, 2.75) is 13.5 Å². The molecule has 33 heavy (non-hydrogen) atoms. The SMILES string of the molecule is C=CC(=O)OCc1ccc(OC(=O)c2ccc3cc(OCOC(=O)C(=C)C)ccc3c2)cc1. The van der Waals surface area contributed by atoms with E-state index in [4.69, 9.17) is 18.9 Å². The predicted molar refractivity (Wildman–Crippen MR) is 122 cm³/mol. The van der Waals surface area contributed by atoms with Crippen molar-refractivity contribution in [2.24, 2.45) is 0 Å². The summed E-state index contributed by atoms with van der Waals surface area (Å²) in [6.45, 7) is 8.27. The number of carbonyl (C=O) groups is 3. The molecule has 0 aliphatic heterocycles. The molecule has 0 fully saturated rings. The Bertz CT molecular complexity index is 1210. The van der Waals surface area contributed by atoms with Crippen molar-refractivity contribution < 1.29 is 33.3 Å². The van der Waals surface area contributed by atoms with E-state index in [1.54, 1.807) is 67.6 Å². The first kappa shape index (κ1) is 23.3. The number of rotatable bonds is 9. The number of esters is 3. The zero-order valence-electron chi connectivity index (χ0n) is 18.0. The molecular weight excluding hydrogens is 424 g/mol. The Morgan fingerprint density at radius 2 is 1.55 bits per heavy atom. The van der Waals surface area contributed by atoms with E-state index in [1.165, 1.54) is 0 Å². The molecule has 7 nitrogen and oxygen atoms in total. The molecule has 0 atom stereocenters. The second-order valence-electron chi connectivity index (χ2n) is 7.04. The molecule has 0 aliphatic carbocycles. The molecule has 7 heteroatoms. The number of hydrogen-bond acceptors (Lipinski definition) is 7. The Labute approximate surface area is 190 Å². The van der Waals surface area contributed by atoms with Gasteiger partial charge in [0.2, 0.25) is 6.79 Å². The lowest BCUT2D eigenvalue weighted by atomic mass is 10.1. The van der Waals surface area contributed by atoms with Gasteiger partial charge in [0.25, 0.3) is 0 Å². The van der Waals surface area contributed by atoms with Crippen LogP contribution in [0.4, 0.5) is 0 Å². The third-order valence-electron chi connectivity index (χ3n) is 4.49. The molecule has 0 aliphatic rings. The third kappa shape index (κ3) is 6.54. The largest absolute Gasteiger partial charge is 0.458 e. The van der Waals surface area contributed by atoms with Crippen molar-refractivity contribution in [3.8, 4) is 11.5 Å². The Hall–Kier alpha value is -4.39. The zero-order valence-corrected chi connectivity index (χ0v) is 18.0. The topological polar surface area (TPSA) is 88.1 Å². The van der Waals surface area contributed by atoms with Crippen molar-refractivity contribution in [2.75, 3.05) is 6.79 Å². The first-order chi connectivity index (χ1) is 15.9. The van der Waals surface area contributed by atoms with Crippen LogP contribution in [-0.2, 0) is 25.7 Å². The van der Waals surface area contributed by atoms with E-state index in [0.717, 1.165) is 22.4 Å². The molecule has 0 radical (unpaired) electrons. The van der Waals surface area contributed by atoms with Crippen LogP contribution in [0.5, 0.6) is 11.5 Å². The van der Waals surface area contributed by atoms with E-state index >= 15 is 0 Å². The molecule has 0 bridgehead atoms. The third-order valence-corrected chi connectivity index (χ3v) is 4.49. The van der Waals surface area contributed by atoms with Crippen molar-refractivity contribution in [1.29, 1.82) is 0 Å². The highest BCUT2D eigenvalue weighted by molar-refractivity contribution is 5.96. The first-order valence-corrected chi connectivity index (χ1v) is 9.95. The molecule has 3 aromatic carbocycles. The number of fused-ring (bicyclic) bond motifs is 1. The summed E-state index contributed by atoms with van der Waals surface area (Å²) < 4.78 is 20.7. The van der Waals surface area contributed by atoms with Gasteiger partial charge in [0.1, 0.15) is 18.1 Å². The van der Waals surface area contributed by atoms with Gasteiger partial charge >= 0.3 is 17.9 Å². The molecule has 0 amide bonds. The molecule has 0 heterocycles. The van der Waals surface area contributed by atoms with Crippen molar-refractivity contribution in [3.63, 3.8) is 0 Å². The van der Waals surface area contributed by atoms with Crippen LogP contribution in [0.25, 0.3) is 10.8 Å². The van der Waals surface area contributed by atoms with Gasteiger partial charge in [-0.15, -0.1) is 0 Å². The highest BCUT2D eigenvalue weighted by atomic mass is 16.7. The molecule has 3 rings (SSSR count). The Morgan fingerprint density at radius 1 is 0.879 bits per heavy atom. The molecule has 0 aromatic heterocycles. The molecule has 0 unspecified atom stereocenters. The zero-order chi connectivity index (χ0) is 23.8. The van der Waals surface area contributed by atoms with Gasteiger partial charge in [0, 0.05) is 11.6 Å². The van der Waals surface area contributed by atoms with E-state index in [2.05, 4.69) is 13.2 Å². The molecule has 0 saturated carbocycles. The summed E-state index contributed by atoms with van der Waals surface area (Å²) in [6.07, 6.45) is 1.09. The van der Waals surface area contributed by atoms with E-state index < -0.39 is 17.9 Å². The predicted octanol–water partition coefficient (Wildman–Crippen LogP) is 4.74. The lowest BCUT2D eigenvalue weighted by Gasteiger charge is -2.09. The average Bonchev–Trinajstić information content (AvgIpc) is 2.82. The van der Waals surface area contributed by atoms with Crippen LogP contribution in [0, 0.1) is 0 Å². The van der Waals surface area contributed by atoms with Gasteiger partial charge in [-0.1, -0.05) is 37.4 Å². The Balaban J connectivity index is 1.61. The fourth-order valence-electron chi connectivity index (χ4n) is 2.75. The summed E-state index contributed by atoms with van der Waals surface area (Å²) in [4.78, 5) is 35.1. The van der Waals surface area contributed by atoms with Crippen molar-refractivity contribution in [3.05, 3.63) is 96.6 Å². The number of ether oxygens (including phenoxy) is 4. The summed E-state index contributed by atoms with van der Waals surface area (Å²) in [6, 6.07) is 17.1. The number of hydrogen-bond donors (Lipinski definition) is 0. The number of benzene rings is 3. The lowest BCUT2D eigenvalue weighted by molar-refractivity contribution is -0.145. The van der Waals surface area contributed by atoms with Crippen LogP contribution in [0.2, 0.25) is 0 Å². The minimum absolute atomic E-state index is 0.103. The molecule has 0 saturated heterocycles. The molecule has 3 aromatic rings. The van der Waals surface area contributed by atoms with E-state index in [9.17, 15) is 14.4 Å². The first-order valence-electron chi connectivity index (χ1n) is 9.95. The smallest absolute Gasteiger partial charge is 0.343 e. The maximum Gasteiger partial charge on any atom is 0.343 e. The second kappa shape index (κ2) is 10.8. The molecular formula is C26H22O7. The summed E-state index contributed by atoms with van der Waals surface area (Å²) >= 11 is 0. The minimum atomic E-state index is -0.523. The van der Waals surface area contributed by atoms with Gasteiger partial charge < -0.3 is 18.9 Å². The molecule has 0 spiro atoms. The lowest BCUT2D eigenvalue weighted by Crippen LogP contribution is -2.10. The monoisotopic (exact) mass is 446 g/mol. The van der Waals surface area contributed by atoms with Crippen LogP contribution in [0.1, 0.15) is 22.8 Å². The Kier molecular flexibility index (Phi) is 7.60. The maximum absolute atomic E-state index is 12.5. The minimum Gasteiger partial charge on any atom is -0.458 e. The summed E-state index contributed by atoms with van der Waals surface area (Å²) in [5.41, 5.74) is 1.43. The quantitative estimate of drug-likeness (QED) is 0.203. The van der Waals surface area contributed by atoms with E-state index in [1.807, 2.05) is 0 Å². The normalized spacial score (nSPS) is 10.2. The maximum atomic E-state index is 12.5. The van der Waals surface area contributed by atoms with Crippen molar-refractivity contribution in [1.82, 2.24) is 0 Å². The second-order valence-corrected chi connectivity index (χ2v) is 7.04. The van der Waals surface area contributed by atoms with Crippen LogP contribution >= 0.6 is 0 Å². The van der Waals surface area contributed by atoms with Crippen LogP contribution in [0.3, 0.4) is 0 Å². The fourth-order valence-corrected chi connectivity index (χ4v) is 2.75. The van der Waals surface area contributed by atoms with Gasteiger partial charge in [0.05, 0.1) is 5.56 Å². The van der Waals surface area contributed by atoms with E-state index in [0.29, 0.717) is 22.6 Å². The summed E-state index contributed by atoms with van der Waals surface area (Å²) in [5, 5.41) is 1.66. The fraction of sp³-hybridized carbons (Fsp3) is 0.115. The summed E-state index contributed by atoms with van der Waals surface area (Å²) in [7, 11) is 0.